The zero-order valence-electron chi connectivity index (χ0n) is 15.8. The van der Waals surface area contributed by atoms with Gasteiger partial charge >= 0.3 is 0 Å². The molecule has 0 saturated carbocycles. The fourth-order valence-electron chi connectivity index (χ4n) is 5.17. The molecule has 2 N–H and O–H groups in total. The minimum absolute atomic E-state index is 0.0491. The highest BCUT2D eigenvalue weighted by atomic mass is 16.3. The van der Waals surface area contributed by atoms with E-state index in [0.29, 0.717) is 0 Å². The summed E-state index contributed by atoms with van der Waals surface area (Å²) in [5, 5.41) is 11.2. The highest BCUT2D eigenvalue weighted by molar-refractivity contribution is 5.82. The predicted molar refractivity (Wildman–Crippen MR) is 103 cm³/mol. The number of rotatable bonds is 3. The number of hydrogen-bond donors (Lipinski definition) is 2. The van der Waals surface area contributed by atoms with E-state index >= 15 is 0 Å². The number of amides is 1. The van der Waals surface area contributed by atoms with Gasteiger partial charge < -0.3 is 15.0 Å². The Morgan fingerprint density at radius 2 is 2.04 bits per heavy atom. The minimum atomic E-state index is -0.398. The number of aromatic amines is 1. The van der Waals surface area contributed by atoms with Crippen LogP contribution in [0.5, 0.6) is 0 Å². The number of fused-ring (bicyclic) bond motifs is 1. The lowest BCUT2D eigenvalue weighted by molar-refractivity contribution is -0.134. The van der Waals surface area contributed by atoms with E-state index in [9.17, 15) is 9.90 Å². The molecule has 0 unspecified atom stereocenters. The second kappa shape index (κ2) is 6.39. The lowest BCUT2D eigenvalue weighted by Gasteiger charge is -2.39. The number of aliphatic hydroxyl groups excluding tert-OH is 1. The minimum Gasteiger partial charge on any atom is -0.394 e. The quantitative estimate of drug-likeness (QED) is 0.890. The summed E-state index contributed by atoms with van der Waals surface area (Å²) in [6, 6.07) is 8.61. The normalized spacial score (nSPS) is 26.0. The molecule has 1 atom stereocenters. The standard InChI is InChI=1S/C21H29N3O2/c1-16(26)24-14-21(13-20(24,2)15-25)7-10-23(11-8-21)12-17-4-3-5-19-18(17)6-9-22-19/h3-6,9,22,25H,7-8,10-15H2,1-2H3/t20-/m1/s1. The van der Waals surface area contributed by atoms with Crippen LogP contribution in [0.4, 0.5) is 0 Å². The summed E-state index contributed by atoms with van der Waals surface area (Å²) >= 11 is 0. The Hall–Kier alpha value is -1.85. The van der Waals surface area contributed by atoms with E-state index in [-0.39, 0.29) is 17.9 Å². The molecule has 1 aromatic heterocycles. The number of nitrogens with one attached hydrogen (secondary N) is 1. The molecule has 5 nitrogen and oxygen atoms in total. The SMILES string of the molecule is CC(=O)N1CC2(CCN(Cc3cccc4[nH]ccc34)CC2)C[C@]1(C)CO. The third-order valence-electron chi connectivity index (χ3n) is 6.62. The Labute approximate surface area is 155 Å². The summed E-state index contributed by atoms with van der Waals surface area (Å²) in [4.78, 5) is 19.8. The molecule has 140 valence electrons. The number of carbonyl (C=O) groups excluding carboxylic acids is 1. The number of aliphatic hydroxyl groups is 1. The van der Waals surface area contributed by atoms with Gasteiger partial charge in [-0.15, -0.1) is 0 Å². The van der Waals surface area contributed by atoms with Crippen molar-refractivity contribution in [2.24, 2.45) is 5.41 Å². The van der Waals surface area contributed by atoms with Gasteiger partial charge in [-0.05, 0) is 62.4 Å². The van der Waals surface area contributed by atoms with Crippen molar-refractivity contribution in [1.82, 2.24) is 14.8 Å². The summed E-state index contributed by atoms with van der Waals surface area (Å²) in [7, 11) is 0. The lowest BCUT2D eigenvalue weighted by Crippen LogP contribution is -2.46. The molecule has 3 heterocycles. The van der Waals surface area contributed by atoms with Crippen molar-refractivity contribution >= 4 is 16.8 Å². The van der Waals surface area contributed by atoms with Gasteiger partial charge in [-0.25, -0.2) is 0 Å². The molecular weight excluding hydrogens is 326 g/mol. The van der Waals surface area contributed by atoms with Gasteiger partial charge in [0.15, 0.2) is 0 Å². The zero-order chi connectivity index (χ0) is 18.4. The van der Waals surface area contributed by atoms with E-state index in [1.165, 1.54) is 16.5 Å². The Morgan fingerprint density at radius 3 is 2.69 bits per heavy atom. The number of piperidine rings is 1. The van der Waals surface area contributed by atoms with Crippen LogP contribution in [0.25, 0.3) is 10.9 Å². The van der Waals surface area contributed by atoms with Crippen LogP contribution in [-0.2, 0) is 11.3 Å². The fraction of sp³-hybridized carbons (Fsp3) is 0.571. The van der Waals surface area contributed by atoms with E-state index in [1.807, 2.05) is 18.0 Å². The average Bonchev–Trinajstić information content (AvgIpc) is 3.21. The maximum Gasteiger partial charge on any atom is 0.219 e. The molecule has 0 aliphatic carbocycles. The maximum absolute atomic E-state index is 12.1. The summed E-state index contributed by atoms with van der Waals surface area (Å²) < 4.78 is 0. The van der Waals surface area contributed by atoms with Crippen LogP contribution in [0, 0.1) is 5.41 Å². The number of nitrogens with zero attached hydrogens (tertiary/aromatic N) is 2. The number of carbonyl (C=O) groups is 1. The third kappa shape index (κ3) is 2.93. The second-order valence-corrected chi connectivity index (χ2v) is 8.57. The first-order valence-electron chi connectivity index (χ1n) is 9.61. The van der Waals surface area contributed by atoms with Crippen LogP contribution in [-0.4, -0.2) is 57.6 Å². The van der Waals surface area contributed by atoms with Crippen molar-refractivity contribution in [1.29, 1.82) is 0 Å². The Balaban J connectivity index is 1.44. The molecule has 2 aliphatic heterocycles. The zero-order valence-corrected chi connectivity index (χ0v) is 15.8. The number of H-pyrrole nitrogens is 1. The van der Waals surface area contributed by atoms with Crippen molar-refractivity contribution in [3.8, 4) is 0 Å². The maximum atomic E-state index is 12.1. The molecule has 2 aliphatic rings. The number of benzene rings is 1. The van der Waals surface area contributed by atoms with Gasteiger partial charge in [-0.3, -0.25) is 9.69 Å². The first kappa shape index (κ1) is 17.6. The molecule has 2 fully saturated rings. The van der Waals surface area contributed by atoms with Crippen LogP contribution in [0.1, 0.15) is 38.7 Å². The van der Waals surface area contributed by atoms with E-state index < -0.39 is 5.54 Å². The van der Waals surface area contributed by atoms with Gasteiger partial charge in [0.1, 0.15) is 0 Å². The van der Waals surface area contributed by atoms with Gasteiger partial charge in [0.2, 0.25) is 5.91 Å². The molecule has 5 heteroatoms. The van der Waals surface area contributed by atoms with E-state index in [4.69, 9.17) is 0 Å². The molecule has 1 aromatic carbocycles. The third-order valence-corrected chi connectivity index (χ3v) is 6.62. The van der Waals surface area contributed by atoms with Crippen molar-refractivity contribution in [3.63, 3.8) is 0 Å². The highest BCUT2D eigenvalue weighted by Crippen LogP contribution is 2.48. The monoisotopic (exact) mass is 355 g/mol. The molecule has 2 aromatic rings. The van der Waals surface area contributed by atoms with E-state index in [1.54, 1.807) is 6.92 Å². The molecule has 0 radical (unpaired) electrons. The van der Waals surface area contributed by atoms with Gasteiger partial charge in [0.05, 0.1) is 12.1 Å². The summed E-state index contributed by atoms with van der Waals surface area (Å²) in [5.74, 6) is 0.0833. The molecule has 26 heavy (non-hydrogen) atoms. The molecular formula is C21H29N3O2. The second-order valence-electron chi connectivity index (χ2n) is 8.57. The van der Waals surface area contributed by atoms with Crippen molar-refractivity contribution in [2.45, 2.75) is 45.2 Å². The van der Waals surface area contributed by atoms with Gasteiger partial charge in [-0.2, -0.15) is 0 Å². The van der Waals surface area contributed by atoms with Crippen molar-refractivity contribution < 1.29 is 9.90 Å². The van der Waals surface area contributed by atoms with Crippen molar-refractivity contribution in [3.05, 3.63) is 36.0 Å². The number of hydrogen-bond acceptors (Lipinski definition) is 3. The van der Waals surface area contributed by atoms with Crippen LogP contribution < -0.4 is 0 Å². The molecule has 4 rings (SSSR count). The topological polar surface area (TPSA) is 59.6 Å². The lowest BCUT2D eigenvalue weighted by atomic mass is 9.74. The molecule has 0 bridgehead atoms. The van der Waals surface area contributed by atoms with Crippen LogP contribution >= 0.6 is 0 Å². The number of aromatic nitrogens is 1. The summed E-state index contributed by atoms with van der Waals surface area (Å²) in [6.07, 6.45) is 5.10. The Bertz CT molecular complexity index is 806. The average molecular weight is 355 g/mol. The van der Waals surface area contributed by atoms with Gasteiger partial charge in [0.25, 0.3) is 0 Å². The Kier molecular flexibility index (Phi) is 4.32. The first-order valence-corrected chi connectivity index (χ1v) is 9.61. The number of likely N-dealkylation sites (tertiary alicyclic amines) is 2. The van der Waals surface area contributed by atoms with Crippen LogP contribution in [0.2, 0.25) is 0 Å². The smallest absolute Gasteiger partial charge is 0.219 e. The predicted octanol–water partition coefficient (Wildman–Crippen LogP) is 2.75. The molecule has 1 amide bonds. The largest absolute Gasteiger partial charge is 0.394 e. The van der Waals surface area contributed by atoms with E-state index in [2.05, 4.69) is 34.1 Å². The summed E-state index contributed by atoms with van der Waals surface area (Å²) in [6.45, 7) is 7.57. The van der Waals surface area contributed by atoms with E-state index in [0.717, 1.165) is 45.4 Å². The van der Waals surface area contributed by atoms with Gasteiger partial charge in [-0.1, -0.05) is 12.1 Å². The summed E-state index contributed by atoms with van der Waals surface area (Å²) in [5.41, 5.74) is 2.34. The Morgan fingerprint density at radius 1 is 1.27 bits per heavy atom. The van der Waals surface area contributed by atoms with Crippen LogP contribution in [0.3, 0.4) is 0 Å². The molecule has 1 spiro atoms. The highest BCUT2D eigenvalue weighted by Gasteiger charge is 2.52. The van der Waals surface area contributed by atoms with Crippen LogP contribution in [0.15, 0.2) is 30.5 Å². The first-order chi connectivity index (χ1) is 12.4. The fourth-order valence-corrected chi connectivity index (χ4v) is 5.17. The van der Waals surface area contributed by atoms with Crippen molar-refractivity contribution in [2.75, 3.05) is 26.2 Å². The molecule has 2 saturated heterocycles. The van der Waals surface area contributed by atoms with Gasteiger partial charge in [0, 0.05) is 37.1 Å².